The first kappa shape index (κ1) is 12.4. The molecule has 0 radical (unpaired) electrons. The number of benzene rings is 1. The lowest BCUT2D eigenvalue weighted by Crippen LogP contribution is -2.17. The van der Waals surface area contributed by atoms with Crippen LogP contribution in [0.2, 0.25) is 0 Å². The van der Waals surface area contributed by atoms with Crippen molar-refractivity contribution in [2.75, 3.05) is 12.8 Å². The molecule has 1 heterocycles. The number of rotatable bonds is 3. The van der Waals surface area contributed by atoms with Crippen LogP contribution in [0.15, 0.2) is 46.7 Å². The first-order chi connectivity index (χ1) is 8.70. The van der Waals surface area contributed by atoms with E-state index >= 15 is 0 Å². The zero-order valence-electron chi connectivity index (χ0n) is 9.75. The SMILES string of the molecule is CNC(=O)c1ccc(N)c(Sc2ccncn2)c1. The van der Waals surface area contributed by atoms with Crippen LogP contribution in [0.5, 0.6) is 0 Å². The lowest BCUT2D eigenvalue weighted by atomic mass is 10.2. The minimum atomic E-state index is -0.139. The van der Waals surface area contributed by atoms with Gasteiger partial charge in [-0.3, -0.25) is 4.79 Å². The van der Waals surface area contributed by atoms with Gasteiger partial charge in [-0.25, -0.2) is 9.97 Å². The van der Waals surface area contributed by atoms with Gasteiger partial charge in [0.25, 0.3) is 5.91 Å². The van der Waals surface area contributed by atoms with Crippen molar-refractivity contribution in [2.45, 2.75) is 9.92 Å². The molecule has 1 aromatic heterocycles. The molecule has 1 amide bonds. The van der Waals surface area contributed by atoms with E-state index in [0.29, 0.717) is 11.3 Å². The molecule has 0 spiro atoms. The largest absolute Gasteiger partial charge is 0.398 e. The highest BCUT2D eigenvalue weighted by Gasteiger charge is 2.08. The van der Waals surface area contributed by atoms with Crippen LogP contribution in [0.3, 0.4) is 0 Å². The van der Waals surface area contributed by atoms with Gasteiger partial charge in [0.05, 0.1) is 0 Å². The number of anilines is 1. The third-order valence-corrected chi connectivity index (χ3v) is 3.30. The van der Waals surface area contributed by atoms with Gasteiger partial charge in [-0.05, 0) is 24.3 Å². The Labute approximate surface area is 109 Å². The van der Waals surface area contributed by atoms with Crippen LogP contribution in [0.4, 0.5) is 5.69 Å². The molecule has 1 aromatic carbocycles. The Bertz CT molecular complexity index is 559. The molecule has 5 nitrogen and oxygen atoms in total. The highest BCUT2D eigenvalue weighted by Crippen LogP contribution is 2.31. The topological polar surface area (TPSA) is 80.9 Å². The van der Waals surface area contributed by atoms with Gasteiger partial charge in [-0.15, -0.1) is 0 Å². The highest BCUT2D eigenvalue weighted by atomic mass is 32.2. The summed E-state index contributed by atoms with van der Waals surface area (Å²) in [6.45, 7) is 0. The van der Waals surface area contributed by atoms with E-state index in [-0.39, 0.29) is 5.91 Å². The van der Waals surface area contributed by atoms with Crippen molar-refractivity contribution in [1.29, 1.82) is 0 Å². The number of carbonyl (C=O) groups excluding carboxylic acids is 1. The van der Waals surface area contributed by atoms with Gasteiger partial charge in [0, 0.05) is 29.4 Å². The number of carbonyl (C=O) groups is 1. The fraction of sp³-hybridized carbons (Fsp3) is 0.0833. The lowest BCUT2D eigenvalue weighted by molar-refractivity contribution is 0.0963. The molecule has 0 aliphatic heterocycles. The maximum absolute atomic E-state index is 11.5. The summed E-state index contributed by atoms with van der Waals surface area (Å²) in [7, 11) is 1.59. The molecule has 0 fully saturated rings. The van der Waals surface area contributed by atoms with Crippen molar-refractivity contribution in [2.24, 2.45) is 0 Å². The normalized spacial score (nSPS) is 10.1. The Morgan fingerprint density at radius 1 is 1.39 bits per heavy atom. The van der Waals surface area contributed by atoms with Crippen LogP contribution < -0.4 is 11.1 Å². The number of amides is 1. The second-order valence-electron chi connectivity index (χ2n) is 3.48. The standard InChI is InChI=1S/C12H12N4OS/c1-14-12(17)8-2-3-9(13)10(6-8)18-11-4-5-15-7-16-11/h2-7H,13H2,1H3,(H,14,17). The number of nitrogens with one attached hydrogen (secondary N) is 1. The first-order valence-electron chi connectivity index (χ1n) is 5.26. The van der Waals surface area contributed by atoms with Crippen molar-refractivity contribution < 1.29 is 4.79 Å². The smallest absolute Gasteiger partial charge is 0.251 e. The Balaban J connectivity index is 2.30. The monoisotopic (exact) mass is 260 g/mol. The van der Waals surface area contributed by atoms with Gasteiger partial charge in [0.15, 0.2) is 0 Å². The van der Waals surface area contributed by atoms with Crippen molar-refractivity contribution in [3.63, 3.8) is 0 Å². The summed E-state index contributed by atoms with van der Waals surface area (Å²) in [5.41, 5.74) is 7.07. The van der Waals surface area contributed by atoms with Crippen LogP contribution >= 0.6 is 11.8 Å². The van der Waals surface area contributed by atoms with Gasteiger partial charge in [-0.2, -0.15) is 0 Å². The molecule has 0 saturated carbocycles. The summed E-state index contributed by atoms with van der Waals surface area (Å²) in [6, 6.07) is 6.95. The van der Waals surface area contributed by atoms with Gasteiger partial charge in [0.1, 0.15) is 11.4 Å². The van der Waals surface area contributed by atoms with E-state index in [9.17, 15) is 4.79 Å². The number of aromatic nitrogens is 2. The van der Waals surface area contributed by atoms with E-state index in [1.54, 1.807) is 37.5 Å². The molecular formula is C12H12N4OS. The van der Waals surface area contributed by atoms with E-state index in [2.05, 4.69) is 15.3 Å². The van der Waals surface area contributed by atoms with E-state index in [4.69, 9.17) is 5.73 Å². The fourth-order valence-corrected chi connectivity index (χ4v) is 2.19. The Morgan fingerprint density at radius 2 is 2.22 bits per heavy atom. The second kappa shape index (κ2) is 5.50. The van der Waals surface area contributed by atoms with Crippen molar-refractivity contribution in [1.82, 2.24) is 15.3 Å². The molecule has 0 atom stereocenters. The van der Waals surface area contributed by atoms with Crippen LogP contribution in [0.25, 0.3) is 0 Å². The molecule has 0 aliphatic rings. The van der Waals surface area contributed by atoms with E-state index < -0.39 is 0 Å². The molecular weight excluding hydrogens is 248 g/mol. The molecule has 2 aromatic rings. The van der Waals surface area contributed by atoms with E-state index in [1.165, 1.54) is 18.1 Å². The third-order valence-electron chi connectivity index (χ3n) is 2.27. The first-order valence-corrected chi connectivity index (χ1v) is 6.08. The number of hydrogen-bond donors (Lipinski definition) is 2. The van der Waals surface area contributed by atoms with Crippen LogP contribution in [0.1, 0.15) is 10.4 Å². The van der Waals surface area contributed by atoms with Gasteiger partial charge in [-0.1, -0.05) is 11.8 Å². The minimum absolute atomic E-state index is 0.139. The second-order valence-corrected chi connectivity index (χ2v) is 4.54. The average molecular weight is 260 g/mol. The van der Waals surface area contributed by atoms with Gasteiger partial charge < -0.3 is 11.1 Å². The molecule has 18 heavy (non-hydrogen) atoms. The summed E-state index contributed by atoms with van der Waals surface area (Å²) in [5.74, 6) is -0.139. The molecule has 3 N–H and O–H groups in total. The molecule has 6 heteroatoms. The van der Waals surface area contributed by atoms with Crippen LogP contribution in [0, 0.1) is 0 Å². The van der Waals surface area contributed by atoms with Crippen LogP contribution in [-0.4, -0.2) is 22.9 Å². The molecule has 0 aliphatic carbocycles. The predicted octanol–water partition coefficient (Wildman–Crippen LogP) is 1.57. The molecule has 92 valence electrons. The molecule has 0 saturated heterocycles. The average Bonchev–Trinajstić information content (AvgIpc) is 2.41. The quantitative estimate of drug-likeness (QED) is 0.646. The predicted molar refractivity (Wildman–Crippen MR) is 70.4 cm³/mol. The number of nitrogens with two attached hydrogens (primary N) is 1. The zero-order chi connectivity index (χ0) is 13.0. The summed E-state index contributed by atoms with van der Waals surface area (Å²) in [4.78, 5) is 20.3. The van der Waals surface area contributed by atoms with E-state index in [0.717, 1.165) is 9.92 Å². The lowest BCUT2D eigenvalue weighted by Gasteiger charge is -2.07. The molecule has 0 bridgehead atoms. The third kappa shape index (κ3) is 2.78. The number of nitrogens with zero attached hydrogens (tertiary/aromatic N) is 2. The zero-order valence-corrected chi connectivity index (χ0v) is 10.6. The number of hydrogen-bond acceptors (Lipinski definition) is 5. The highest BCUT2D eigenvalue weighted by molar-refractivity contribution is 7.99. The van der Waals surface area contributed by atoms with Crippen LogP contribution in [-0.2, 0) is 0 Å². The maximum atomic E-state index is 11.5. The molecule has 2 rings (SSSR count). The summed E-state index contributed by atoms with van der Waals surface area (Å²) >= 11 is 1.40. The van der Waals surface area contributed by atoms with Crippen molar-refractivity contribution >= 4 is 23.4 Å². The van der Waals surface area contributed by atoms with Crippen molar-refractivity contribution in [3.05, 3.63) is 42.4 Å². The molecule has 0 unspecified atom stereocenters. The Morgan fingerprint density at radius 3 is 2.89 bits per heavy atom. The Kier molecular flexibility index (Phi) is 3.78. The summed E-state index contributed by atoms with van der Waals surface area (Å²) in [5, 5.41) is 3.36. The fourth-order valence-electron chi connectivity index (χ4n) is 1.36. The summed E-state index contributed by atoms with van der Waals surface area (Å²) in [6.07, 6.45) is 3.13. The summed E-state index contributed by atoms with van der Waals surface area (Å²) < 4.78 is 0. The minimum Gasteiger partial charge on any atom is -0.398 e. The van der Waals surface area contributed by atoms with Gasteiger partial charge >= 0.3 is 0 Å². The number of nitrogen functional groups attached to an aromatic ring is 1. The Hall–Kier alpha value is -2.08. The van der Waals surface area contributed by atoms with E-state index in [1.807, 2.05) is 0 Å². The van der Waals surface area contributed by atoms with Crippen molar-refractivity contribution in [3.8, 4) is 0 Å². The maximum Gasteiger partial charge on any atom is 0.251 e. The van der Waals surface area contributed by atoms with Gasteiger partial charge in [0.2, 0.25) is 0 Å².